The maximum Gasteiger partial charge on any atom is 0.209 e. The first kappa shape index (κ1) is 13.8. The molecule has 3 rings (SSSR count). The number of hydrogen-bond donors (Lipinski definition) is 2. The molecule has 2 aromatic rings. The van der Waals surface area contributed by atoms with Crippen molar-refractivity contribution in [3.63, 3.8) is 0 Å². The molecule has 0 unspecified atom stereocenters. The highest BCUT2D eigenvalue weighted by Gasteiger charge is 2.18. The summed E-state index contributed by atoms with van der Waals surface area (Å²) in [6.45, 7) is 4.70. The molecular weight excluding hydrogens is 290 g/mol. The first-order valence-electron chi connectivity index (χ1n) is 6.55. The van der Waals surface area contributed by atoms with Gasteiger partial charge in [-0.2, -0.15) is 0 Å². The van der Waals surface area contributed by atoms with Crippen LogP contribution < -0.4 is 9.47 Å². The Morgan fingerprint density at radius 2 is 2.24 bits per heavy atom. The summed E-state index contributed by atoms with van der Waals surface area (Å²) < 4.78 is 11.4. The molecule has 0 saturated heterocycles. The van der Waals surface area contributed by atoms with Crippen LogP contribution in [0.3, 0.4) is 0 Å². The van der Waals surface area contributed by atoms with Gasteiger partial charge in [-0.05, 0) is 12.1 Å². The summed E-state index contributed by atoms with van der Waals surface area (Å²) in [5.74, 6) is 2.48. The molecule has 7 heteroatoms. The van der Waals surface area contributed by atoms with Gasteiger partial charge in [0.2, 0.25) is 5.16 Å². The predicted octanol–water partition coefficient (Wildman–Crippen LogP) is 2.80. The molecule has 0 amide bonds. The van der Waals surface area contributed by atoms with Crippen LogP contribution in [0, 0.1) is 0 Å². The van der Waals surface area contributed by atoms with Crippen molar-refractivity contribution in [1.82, 2.24) is 15.2 Å². The quantitative estimate of drug-likeness (QED) is 0.668. The van der Waals surface area contributed by atoms with Crippen molar-refractivity contribution < 1.29 is 14.6 Å². The Morgan fingerprint density at radius 3 is 3.10 bits per heavy atom. The fourth-order valence-corrected chi connectivity index (χ4v) is 2.52. The lowest BCUT2D eigenvalue weighted by Gasteiger charge is -2.10. The number of aliphatic hydroxyl groups excluding tert-OH is 1. The van der Waals surface area contributed by atoms with Gasteiger partial charge in [0.25, 0.3) is 0 Å². The van der Waals surface area contributed by atoms with Crippen LogP contribution in [-0.4, -0.2) is 39.3 Å². The maximum absolute atomic E-state index is 9.11. The van der Waals surface area contributed by atoms with Crippen molar-refractivity contribution in [2.45, 2.75) is 11.6 Å². The molecule has 0 saturated carbocycles. The second kappa shape index (κ2) is 6.09. The van der Waals surface area contributed by atoms with E-state index in [1.807, 2.05) is 18.2 Å². The smallest absolute Gasteiger partial charge is 0.209 e. The van der Waals surface area contributed by atoms with Crippen LogP contribution >= 0.6 is 11.8 Å². The molecule has 1 aliphatic rings. The molecule has 6 nitrogen and oxygen atoms in total. The van der Waals surface area contributed by atoms with Crippen molar-refractivity contribution in [2.75, 3.05) is 19.0 Å². The number of aliphatic hydroxyl groups is 1. The molecule has 21 heavy (non-hydrogen) atoms. The van der Waals surface area contributed by atoms with Crippen LogP contribution in [0.5, 0.6) is 11.5 Å². The highest BCUT2D eigenvalue weighted by molar-refractivity contribution is 7.99. The van der Waals surface area contributed by atoms with Crippen LogP contribution in [0.1, 0.15) is 6.42 Å². The van der Waals surface area contributed by atoms with Crippen LogP contribution in [0.15, 0.2) is 35.7 Å². The topological polar surface area (TPSA) is 80.3 Å². The molecule has 1 aromatic heterocycles. The van der Waals surface area contributed by atoms with E-state index in [1.54, 1.807) is 0 Å². The van der Waals surface area contributed by atoms with E-state index in [4.69, 9.17) is 14.6 Å². The lowest BCUT2D eigenvalue weighted by Crippen LogP contribution is -1.98. The monoisotopic (exact) mass is 305 g/mol. The van der Waals surface area contributed by atoms with E-state index < -0.39 is 0 Å². The number of thioether (sulfide) groups is 1. The molecular formula is C14H15N3O3S. The normalized spacial score (nSPS) is 13.7. The number of nitrogens with zero attached hydrogens (tertiary/aromatic N) is 2. The van der Waals surface area contributed by atoms with E-state index in [-0.39, 0.29) is 5.76 Å². The van der Waals surface area contributed by atoms with E-state index in [1.165, 1.54) is 11.8 Å². The van der Waals surface area contributed by atoms with Gasteiger partial charge < -0.3 is 14.6 Å². The number of benzene rings is 1. The highest BCUT2D eigenvalue weighted by Crippen LogP contribution is 2.38. The van der Waals surface area contributed by atoms with E-state index in [0.717, 1.165) is 17.7 Å². The van der Waals surface area contributed by atoms with E-state index >= 15 is 0 Å². The van der Waals surface area contributed by atoms with Gasteiger partial charge in [0, 0.05) is 6.42 Å². The minimum atomic E-state index is 0.0941. The Labute approximate surface area is 126 Å². The summed E-state index contributed by atoms with van der Waals surface area (Å²) in [5.41, 5.74) is 0.816. The van der Waals surface area contributed by atoms with Gasteiger partial charge in [-0.25, -0.2) is 4.98 Å². The van der Waals surface area contributed by atoms with Crippen LogP contribution in [0.2, 0.25) is 0 Å². The first-order valence-corrected chi connectivity index (χ1v) is 7.53. The fourth-order valence-electron chi connectivity index (χ4n) is 1.96. The third-order valence-corrected chi connectivity index (χ3v) is 3.78. The van der Waals surface area contributed by atoms with Crippen LogP contribution in [0.4, 0.5) is 0 Å². The van der Waals surface area contributed by atoms with Gasteiger partial charge in [0.15, 0.2) is 17.3 Å². The number of hydrogen-bond acceptors (Lipinski definition) is 6. The minimum absolute atomic E-state index is 0.0941. The zero-order chi connectivity index (χ0) is 14.7. The molecule has 2 heterocycles. The lowest BCUT2D eigenvalue weighted by molar-refractivity contribution is 0.297. The number of ether oxygens (including phenoxy) is 2. The van der Waals surface area contributed by atoms with Crippen molar-refractivity contribution in [3.05, 3.63) is 30.5 Å². The summed E-state index contributed by atoms with van der Waals surface area (Å²) in [5, 5.41) is 16.7. The number of aromatic amines is 1. The summed E-state index contributed by atoms with van der Waals surface area (Å²) in [6, 6.07) is 5.69. The minimum Gasteiger partial charge on any atom is -0.512 e. The van der Waals surface area contributed by atoms with E-state index in [9.17, 15) is 0 Å². The Hall–Kier alpha value is -2.15. The standard InChI is InChI=1S/C14H15N3O3S/c1-9(18)8-21-14-15-13(16-17-14)10-4-2-5-11-12(10)20-7-3-6-19-11/h2,4-5,18H,1,3,6-8H2,(H,15,16,17). The summed E-state index contributed by atoms with van der Waals surface area (Å²) in [6.07, 6.45) is 0.851. The number of H-pyrrole nitrogens is 1. The Balaban J connectivity index is 1.88. The Bertz CT molecular complexity index is 657. The van der Waals surface area contributed by atoms with Gasteiger partial charge in [-0.1, -0.05) is 24.4 Å². The fraction of sp³-hybridized carbons (Fsp3) is 0.286. The van der Waals surface area contributed by atoms with Gasteiger partial charge in [-0.3, -0.25) is 5.10 Å². The average molecular weight is 305 g/mol. The molecule has 0 bridgehead atoms. The first-order chi connectivity index (χ1) is 10.2. The third-order valence-electron chi connectivity index (χ3n) is 2.86. The van der Waals surface area contributed by atoms with Gasteiger partial charge in [0.05, 0.1) is 30.3 Å². The molecule has 110 valence electrons. The van der Waals surface area contributed by atoms with Crippen molar-refractivity contribution in [2.24, 2.45) is 0 Å². The molecule has 0 radical (unpaired) electrons. The van der Waals surface area contributed by atoms with Crippen molar-refractivity contribution in [3.8, 4) is 22.9 Å². The Kier molecular flexibility index (Phi) is 4.01. The largest absolute Gasteiger partial charge is 0.512 e. The second-order valence-corrected chi connectivity index (χ2v) is 5.45. The van der Waals surface area contributed by atoms with Crippen LogP contribution in [-0.2, 0) is 0 Å². The number of rotatable bonds is 4. The lowest BCUT2D eigenvalue weighted by atomic mass is 10.2. The highest BCUT2D eigenvalue weighted by atomic mass is 32.2. The molecule has 1 aromatic carbocycles. The average Bonchev–Trinajstić information content (AvgIpc) is 2.81. The number of fused-ring (bicyclic) bond motifs is 1. The third kappa shape index (κ3) is 3.13. The molecule has 0 spiro atoms. The summed E-state index contributed by atoms with van der Waals surface area (Å²) >= 11 is 1.31. The Morgan fingerprint density at radius 1 is 1.38 bits per heavy atom. The zero-order valence-electron chi connectivity index (χ0n) is 11.3. The van der Waals surface area contributed by atoms with E-state index in [0.29, 0.717) is 35.7 Å². The van der Waals surface area contributed by atoms with Gasteiger partial charge in [0.1, 0.15) is 0 Å². The zero-order valence-corrected chi connectivity index (χ0v) is 12.2. The molecule has 0 fully saturated rings. The van der Waals surface area contributed by atoms with E-state index in [2.05, 4.69) is 21.8 Å². The predicted molar refractivity (Wildman–Crippen MR) is 79.9 cm³/mol. The SMILES string of the molecule is C=C(O)CSc1n[nH]c(-c2cccc3c2OCCCO3)n1. The molecule has 2 N–H and O–H groups in total. The summed E-state index contributed by atoms with van der Waals surface area (Å²) in [7, 11) is 0. The molecule has 0 atom stereocenters. The maximum atomic E-state index is 9.11. The number of para-hydroxylation sites is 1. The summed E-state index contributed by atoms with van der Waals surface area (Å²) in [4.78, 5) is 4.40. The molecule has 0 aliphatic carbocycles. The number of aromatic nitrogens is 3. The van der Waals surface area contributed by atoms with Gasteiger partial charge in [-0.15, -0.1) is 5.10 Å². The molecule has 1 aliphatic heterocycles. The van der Waals surface area contributed by atoms with Crippen molar-refractivity contribution in [1.29, 1.82) is 0 Å². The van der Waals surface area contributed by atoms with Crippen LogP contribution in [0.25, 0.3) is 11.4 Å². The van der Waals surface area contributed by atoms with Gasteiger partial charge >= 0.3 is 0 Å². The van der Waals surface area contributed by atoms with Crippen molar-refractivity contribution >= 4 is 11.8 Å². The number of nitrogens with one attached hydrogen (secondary N) is 1. The second-order valence-electron chi connectivity index (χ2n) is 4.50.